The van der Waals surface area contributed by atoms with Crippen molar-refractivity contribution in [1.82, 2.24) is 10.2 Å². The fourth-order valence-electron chi connectivity index (χ4n) is 4.37. The molecule has 0 spiro atoms. The van der Waals surface area contributed by atoms with E-state index in [0.29, 0.717) is 0 Å². The van der Waals surface area contributed by atoms with Gasteiger partial charge < -0.3 is 10.1 Å². The van der Waals surface area contributed by atoms with E-state index in [1.165, 1.54) is 13.0 Å². The summed E-state index contributed by atoms with van der Waals surface area (Å²) in [7, 11) is 0. The van der Waals surface area contributed by atoms with Crippen molar-refractivity contribution >= 4 is 23.7 Å². The topological polar surface area (TPSA) is 117 Å². The Labute approximate surface area is 184 Å². The molecular weight excluding hydrogens is 410 g/mol. The highest BCUT2D eigenvalue weighted by molar-refractivity contribution is 6.09. The first-order chi connectivity index (χ1) is 15.4. The molecule has 2 aliphatic rings. The van der Waals surface area contributed by atoms with Crippen LogP contribution in [0.3, 0.4) is 0 Å². The van der Waals surface area contributed by atoms with Crippen LogP contribution >= 0.6 is 0 Å². The Morgan fingerprint density at radius 2 is 1.72 bits per heavy atom. The molecule has 1 fully saturated rings. The molecule has 4 rings (SSSR count). The molecule has 3 amide bonds. The molecule has 1 heterocycles. The summed E-state index contributed by atoms with van der Waals surface area (Å²) in [6.45, 7) is 1.49. The summed E-state index contributed by atoms with van der Waals surface area (Å²) in [6.07, 6.45) is -0.696. The lowest BCUT2D eigenvalue weighted by Crippen LogP contribution is -2.51. The number of hydrogen-bond donors (Lipinski definition) is 1. The number of imide groups is 1. The zero-order valence-electron chi connectivity index (χ0n) is 17.4. The van der Waals surface area contributed by atoms with Crippen LogP contribution in [-0.2, 0) is 19.1 Å². The average molecular weight is 431 g/mol. The molecule has 1 aliphatic heterocycles. The van der Waals surface area contributed by atoms with Crippen LogP contribution in [0.2, 0.25) is 0 Å². The lowest BCUT2D eigenvalue weighted by atomic mass is 9.98. The van der Waals surface area contributed by atoms with Gasteiger partial charge in [-0.3, -0.25) is 19.3 Å². The number of alkyl carbamates (subject to hydrolysis) is 1. The molecule has 2 aromatic carbocycles. The van der Waals surface area contributed by atoms with Crippen LogP contribution in [0.4, 0.5) is 4.79 Å². The van der Waals surface area contributed by atoms with Crippen LogP contribution in [0, 0.1) is 11.3 Å². The minimum Gasteiger partial charge on any atom is -0.449 e. The van der Waals surface area contributed by atoms with E-state index < -0.39 is 35.8 Å². The Morgan fingerprint density at radius 3 is 2.31 bits per heavy atom. The van der Waals surface area contributed by atoms with Gasteiger partial charge in [-0.05, 0) is 35.6 Å². The minimum atomic E-state index is -1.10. The first kappa shape index (κ1) is 21.2. The number of nitrogens with zero attached hydrogens (tertiary/aromatic N) is 2. The van der Waals surface area contributed by atoms with E-state index in [2.05, 4.69) is 5.32 Å². The summed E-state index contributed by atoms with van der Waals surface area (Å²) in [5, 5.41) is 11.3. The van der Waals surface area contributed by atoms with Crippen molar-refractivity contribution in [2.45, 2.75) is 37.8 Å². The number of amides is 3. The fraction of sp³-hybridized carbons (Fsp3) is 0.292. The standard InChI is InChI=1S/C24H21N3O5/c1-14(23(30)27-20(21(28)12-25)10-11-22(27)29)26-24(31)32-13-19-17-8-4-2-6-15(17)16-7-3-5-9-18(16)19/h2-9,14,19-20H,10-11,13H2,1H3,(H,26,31)/t14-,20-/m0/s1. The number of benzene rings is 2. The number of ketones is 1. The van der Waals surface area contributed by atoms with Crippen molar-refractivity contribution in [2.75, 3.05) is 6.61 Å². The monoisotopic (exact) mass is 431 g/mol. The van der Waals surface area contributed by atoms with Crippen molar-refractivity contribution < 1.29 is 23.9 Å². The average Bonchev–Trinajstić information content (AvgIpc) is 3.34. The molecular formula is C24H21N3O5. The van der Waals surface area contributed by atoms with Crippen LogP contribution in [0.15, 0.2) is 48.5 Å². The number of carbonyl (C=O) groups is 4. The Balaban J connectivity index is 1.40. The first-order valence-corrected chi connectivity index (χ1v) is 10.3. The van der Waals surface area contributed by atoms with Crippen molar-refractivity contribution in [3.8, 4) is 17.2 Å². The molecule has 1 saturated heterocycles. The normalized spacial score (nSPS) is 17.8. The molecule has 1 N–H and O–H groups in total. The molecule has 2 aromatic rings. The molecule has 162 valence electrons. The zero-order valence-corrected chi connectivity index (χ0v) is 17.4. The van der Waals surface area contributed by atoms with E-state index >= 15 is 0 Å². The number of rotatable bonds is 5. The number of nitriles is 1. The van der Waals surface area contributed by atoms with Crippen LogP contribution in [0.5, 0.6) is 0 Å². The van der Waals surface area contributed by atoms with Gasteiger partial charge >= 0.3 is 6.09 Å². The Hall–Kier alpha value is -3.99. The number of carbonyl (C=O) groups excluding carboxylic acids is 4. The molecule has 0 unspecified atom stereocenters. The molecule has 2 atom stereocenters. The Bertz CT molecular complexity index is 1110. The molecule has 0 radical (unpaired) electrons. The smallest absolute Gasteiger partial charge is 0.407 e. The highest BCUT2D eigenvalue weighted by Gasteiger charge is 2.42. The van der Waals surface area contributed by atoms with Crippen molar-refractivity contribution in [1.29, 1.82) is 5.26 Å². The van der Waals surface area contributed by atoms with Crippen LogP contribution in [0.1, 0.15) is 36.8 Å². The zero-order chi connectivity index (χ0) is 22.8. The molecule has 8 heteroatoms. The van der Waals surface area contributed by atoms with Gasteiger partial charge in [-0.25, -0.2) is 4.79 Å². The van der Waals surface area contributed by atoms with E-state index in [-0.39, 0.29) is 25.4 Å². The molecule has 0 aromatic heterocycles. The number of Topliss-reactive ketones (excluding diaryl/α,β-unsaturated/α-hetero) is 1. The van der Waals surface area contributed by atoms with Crippen LogP contribution in [0.25, 0.3) is 11.1 Å². The number of likely N-dealkylation sites (tertiary alicyclic amines) is 1. The summed E-state index contributed by atoms with van der Waals surface area (Å²) >= 11 is 0. The van der Waals surface area contributed by atoms with Gasteiger partial charge in [0.2, 0.25) is 5.91 Å². The maximum absolute atomic E-state index is 12.7. The Morgan fingerprint density at radius 1 is 1.12 bits per heavy atom. The highest BCUT2D eigenvalue weighted by atomic mass is 16.5. The van der Waals surface area contributed by atoms with Gasteiger partial charge in [0.25, 0.3) is 11.7 Å². The van der Waals surface area contributed by atoms with Gasteiger partial charge in [-0.1, -0.05) is 48.5 Å². The van der Waals surface area contributed by atoms with E-state index in [1.54, 1.807) is 0 Å². The fourth-order valence-corrected chi connectivity index (χ4v) is 4.37. The van der Waals surface area contributed by atoms with Crippen molar-refractivity contribution in [3.63, 3.8) is 0 Å². The lowest BCUT2D eigenvalue weighted by molar-refractivity contribution is -0.147. The van der Waals surface area contributed by atoms with Gasteiger partial charge in [0.15, 0.2) is 0 Å². The third-order valence-corrected chi connectivity index (χ3v) is 5.91. The largest absolute Gasteiger partial charge is 0.449 e. The molecule has 1 aliphatic carbocycles. The molecule has 32 heavy (non-hydrogen) atoms. The van der Waals surface area contributed by atoms with E-state index in [4.69, 9.17) is 10.00 Å². The highest BCUT2D eigenvalue weighted by Crippen LogP contribution is 2.44. The van der Waals surface area contributed by atoms with Gasteiger partial charge in [0, 0.05) is 12.3 Å². The first-order valence-electron chi connectivity index (χ1n) is 10.3. The Kier molecular flexibility index (Phi) is 5.73. The van der Waals surface area contributed by atoms with Crippen LogP contribution < -0.4 is 5.32 Å². The van der Waals surface area contributed by atoms with Crippen molar-refractivity contribution in [3.05, 3.63) is 59.7 Å². The second-order valence-corrected chi connectivity index (χ2v) is 7.82. The molecule has 8 nitrogen and oxygen atoms in total. The minimum absolute atomic E-state index is 0.00148. The summed E-state index contributed by atoms with van der Waals surface area (Å²) in [4.78, 5) is 49.7. The van der Waals surface area contributed by atoms with Gasteiger partial charge in [-0.15, -0.1) is 0 Å². The number of ether oxygens (including phenoxy) is 1. The predicted molar refractivity (Wildman–Crippen MR) is 113 cm³/mol. The maximum Gasteiger partial charge on any atom is 0.407 e. The number of hydrogen-bond acceptors (Lipinski definition) is 6. The summed E-state index contributed by atoms with van der Waals surface area (Å²) in [5.41, 5.74) is 4.32. The molecule has 0 bridgehead atoms. The van der Waals surface area contributed by atoms with E-state index in [1.807, 2.05) is 48.5 Å². The number of nitrogens with one attached hydrogen (secondary N) is 1. The quantitative estimate of drug-likeness (QED) is 0.727. The second-order valence-electron chi connectivity index (χ2n) is 7.82. The van der Waals surface area contributed by atoms with Crippen LogP contribution in [-0.4, -0.2) is 47.3 Å². The molecule has 0 saturated carbocycles. The third-order valence-electron chi connectivity index (χ3n) is 5.91. The van der Waals surface area contributed by atoms with Crippen molar-refractivity contribution in [2.24, 2.45) is 0 Å². The summed E-state index contributed by atoms with van der Waals surface area (Å²) in [5.74, 6) is -2.26. The third kappa shape index (κ3) is 3.73. The van der Waals surface area contributed by atoms with Gasteiger partial charge in [0.05, 0.1) is 0 Å². The predicted octanol–water partition coefficient (Wildman–Crippen LogP) is 2.52. The SMILES string of the molecule is C[C@H](NC(=O)OCC1c2ccccc2-c2ccccc21)C(=O)N1C(=O)CC[C@H]1C(=O)C#N. The van der Waals surface area contributed by atoms with Gasteiger partial charge in [0.1, 0.15) is 24.8 Å². The number of fused-ring (bicyclic) bond motifs is 3. The summed E-state index contributed by atoms with van der Waals surface area (Å²) in [6, 6.07) is 15.1. The summed E-state index contributed by atoms with van der Waals surface area (Å²) < 4.78 is 5.42. The second kappa shape index (κ2) is 8.63. The lowest BCUT2D eigenvalue weighted by Gasteiger charge is -2.24. The van der Waals surface area contributed by atoms with E-state index in [0.717, 1.165) is 27.2 Å². The maximum atomic E-state index is 12.7. The van der Waals surface area contributed by atoms with E-state index in [9.17, 15) is 19.2 Å². The van der Waals surface area contributed by atoms with Gasteiger partial charge in [-0.2, -0.15) is 5.26 Å².